The van der Waals surface area contributed by atoms with E-state index in [2.05, 4.69) is 16.9 Å². The van der Waals surface area contributed by atoms with Crippen LogP contribution in [-0.2, 0) is 6.42 Å². The van der Waals surface area contributed by atoms with Crippen molar-refractivity contribution in [3.05, 3.63) is 36.5 Å². The maximum atomic E-state index is 5.88. The highest BCUT2D eigenvalue weighted by Gasteiger charge is 2.12. The van der Waals surface area contributed by atoms with Crippen LogP contribution in [0.4, 0.5) is 0 Å². The average molecular weight is 314 g/mol. The number of rotatable bonds is 6. The van der Waals surface area contributed by atoms with Gasteiger partial charge in [-0.25, -0.2) is 4.98 Å². The summed E-state index contributed by atoms with van der Waals surface area (Å²) in [6.07, 6.45) is 8.21. The van der Waals surface area contributed by atoms with Gasteiger partial charge >= 0.3 is 0 Å². The van der Waals surface area contributed by atoms with Gasteiger partial charge in [0.2, 0.25) is 0 Å². The number of aryl methyl sites for hydroxylation is 1. The number of nitrogens with one attached hydrogen (secondary N) is 1. The number of aromatic nitrogens is 2. The molecule has 23 heavy (non-hydrogen) atoms. The molecule has 4 heteroatoms. The predicted octanol–water partition coefficient (Wildman–Crippen LogP) is 5.59. The van der Waals surface area contributed by atoms with Crippen molar-refractivity contribution in [1.29, 1.82) is 0 Å². The van der Waals surface area contributed by atoms with E-state index >= 15 is 0 Å². The highest BCUT2D eigenvalue weighted by molar-refractivity contribution is 5.94. The normalized spacial score (nSPS) is 10.4. The summed E-state index contributed by atoms with van der Waals surface area (Å²) in [5, 5.41) is 1.09. The van der Waals surface area contributed by atoms with E-state index in [4.69, 9.17) is 9.15 Å². The number of hydrogen-bond acceptors (Lipinski definition) is 3. The van der Waals surface area contributed by atoms with Crippen LogP contribution in [0.25, 0.3) is 22.2 Å². The number of oxazole rings is 1. The van der Waals surface area contributed by atoms with E-state index in [9.17, 15) is 0 Å². The van der Waals surface area contributed by atoms with Crippen LogP contribution in [0, 0.1) is 0 Å². The Morgan fingerprint density at radius 1 is 1.22 bits per heavy atom. The molecule has 0 spiro atoms. The molecule has 4 nitrogen and oxygen atoms in total. The number of benzene rings is 1. The zero-order chi connectivity index (χ0) is 16.7. The van der Waals surface area contributed by atoms with Crippen molar-refractivity contribution in [2.45, 2.75) is 46.5 Å². The molecule has 0 amide bonds. The number of ether oxygens (including phenoxy) is 1. The molecule has 0 aliphatic heterocycles. The third kappa shape index (κ3) is 3.95. The Hall–Kier alpha value is -2.23. The van der Waals surface area contributed by atoms with Gasteiger partial charge in [-0.2, -0.15) is 0 Å². The van der Waals surface area contributed by atoms with Gasteiger partial charge in [0.25, 0.3) is 0 Å². The molecule has 0 radical (unpaired) electrons. The SMILES string of the molecule is CC.CCCCCc1ncc(-c2c[nH]c3ccc(OC)cc23)o1. The lowest BCUT2D eigenvalue weighted by Gasteiger charge is -2.00. The first kappa shape index (κ1) is 17.1. The largest absolute Gasteiger partial charge is 0.497 e. The number of aromatic amines is 1. The van der Waals surface area contributed by atoms with E-state index < -0.39 is 0 Å². The Balaban J connectivity index is 0.000000924. The highest BCUT2D eigenvalue weighted by atomic mass is 16.5. The lowest BCUT2D eigenvalue weighted by molar-refractivity contribution is 0.415. The van der Waals surface area contributed by atoms with E-state index in [1.54, 1.807) is 7.11 Å². The smallest absolute Gasteiger partial charge is 0.194 e. The fraction of sp³-hybridized carbons (Fsp3) is 0.421. The topological polar surface area (TPSA) is 51.0 Å². The molecular weight excluding hydrogens is 288 g/mol. The molecule has 1 N–H and O–H groups in total. The number of fused-ring (bicyclic) bond motifs is 1. The van der Waals surface area contributed by atoms with Gasteiger partial charge in [-0.05, 0) is 24.6 Å². The molecule has 0 saturated heterocycles. The van der Waals surface area contributed by atoms with Gasteiger partial charge < -0.3 is 14.1 Å². The van der Waals surface area contributed by atoms with Crippen LogP contribution in [0.15, 0.2) is 35.0 Å². The molecule has 0 unspecified atom stereocenters. The molecule has 0 bridgehead atoms. The van der Waals surface area contributed by atoms with Crippen molar-refractivity contribution in [2.24, 2.45) is 0 Å². The lowest BCUT2D eigenvalue weighted by atomic mass is 10.1. The van der Waals surface area contributed by atoms with Crippen LogP contribution in [0.3, 0.4) is 0 Å². The Morgan fingerprint density at radius 2 is 2.04 bits per heavy atom. The Labute approximate surface area is 137 Å². The lowest BCUT2D eigenvalue weighted by Crippen LogP contribution is -1.83. The summed E-state index contributed by atoms with van der Waals surface area (Å²) in [5.41, 5.74) is 2.09. The van der Waals surface area contributed by atoms with Crippen molar-refractivity contribution in [1.82, 2.24) is 9.97 Å². The number of nitrogens with zero attached hydrogens (tertiary/aromatic N) is 1. The number of H-pyrrole nitrogens is 1. The third-order valence-corrected chi connectivity index (χ3v) is 3.70. The van der Waals surface area contributed by atoms with Crippen molar-refractivity contribution < 1.29 is 9.15 Å². The van der Waals surface area contributed by atoms with E-state index in [1.807, 2.05) is 44.4 Å². The highest BCUT2D eigenvalue weighted by Crippen LogP contribution is 2.31. The molecule has 0 saturated carbocycles. The fourth-order valence-corrected chi connectivity index (χ4v) is 2.51. The maximum Gasteiger partial charge on any atom is 0.194 e. The molecule has 2 heterocycles. The first-order valence-corrected chi connectivity index (χ1v) is 8.42. The second kappa shape index (κ2) is 8.42. The molecule has 1 aromatic carbocycles. The molecule has 0 aliphatic carbocycles. The Bertz CT molecular complexity index is 728. The van der Waals surface area contributed by atoms with E-state index in [0.717, 1.165) is 46.7 Å². The monoisotopic (exact) mass is 314 g/mol. The molecular formula is C19H26N2O2. The first-order valence-electron chi connectivity index (χ1n) is 8.42. The van der Waals surface area contributed by atoms with E-state index in [0.29, 0.717) is 0 Å². The second-order valence-corrected chi connectivity index (χ2v) is 5.19. The van der Waals surface area contributed by atoms with Crippen molar-refractivity contribution in [2.75, 3.05) is 7.11 Å². The molecule has 0 fully saturated rings. The quantitative estimate of drug-likeness (QED) is 0.603. The first-order chi connectivity index (χ1) is 11.3. The minimum atomic E-state index is 0.806. The zero-order valence-corrected chi connectivity index (χ0v) is 14.5. The van der Waals surface area contributed by atoms with Crippen LogP contribution in [0.5, 0.6) is 5.75 Å². The van der Waals surface area contributed by atoms with Crippen molar-refractivity contribution in [3.8, 4) is 17.1 Å². The van der Waals surface area contributed by atoms with E-state index in [-0.39, 0.29) is 0 Å². The van der Waals surface area contributed by atoms with Crippen LogP contribution in [0.1, 0.15) is 45.9 Å². The molecule has 0 atom stereocenters. The third-order valence-electron chi connectivity index (χ3n) is 3.70. The summed E-state index contributed by atoms with van der Waals surface area (Å²) in [6.45, 7) is 6.19. The summed E-state index contributed by atoms with van der Waals surface area (Å²) in [4.78, 5) is 7.64. The molecule has 2 aromatic heterocycles. The maximum absolute atomic E-state index is 5.88. The average Bonchev–Trinajstić information content (AvgIpc) is 3.22. The van der Waals surface area contributed by atoms with Crippen LogP contribution in [0.2, 0.25) is 0 Å². The zero-order valence-electron chi connectivity index (χ0n) is 14.5. The summed E-state index contributed by atoms with van der Waals surface area (Å²) < 4.78 is 11.2. The second-order valence-electron chi connectivity index (χ2n) is 5.19. The van der Waals surface area contributed by atoms with Crippen molar-refractivity contribution >= 4 is 10.9 Å². The molecule has 3 aromatic rings. The number of methoxy groups -OCH3 is 1. The summed E-state index contributed by atoms with van der Waals surface area (Å²) in [7, 11) is 1.67. The number of unbranched alkanes of at least 4 members (excludes halogenated alkanes) is 2. The summed E-state index contributed by atoms with van der Waals surface area (Å²) >= 11 is 0. The predicted molar refractivity (Wildman–Crippen MR) is 94.9 cm³/mol. The van der Waals surface area contributed by atoms with Gasteiger partial charge in [0.1, 0.15) is 5.75 Å². The van der Waals surface area contributed by atoms with Gasteiger partial charge in [-0.15, -0.1) is 0 Å². The van der Waals surface area contributed by atoms with Crippen LogP contribution < -0.4 is 4.74 Å². The van der Waals surface area contributed by atoms with Gasteiger partial charge in [-0.1, -0.05) is 33.6 Å². The Kier molecular flexibility index (Phi) is 6.27. The minimum absolute atomic E-state index is 0.806. The number of hydrogen-bond donors (Lipinski definition) is 1. The molecule has 3 rings (SSSR count). The molecule has 124 valence electrons. The Morgan fingerprint density at radius 3 is 2.78 bits per heavy atom. The van der Waals surface area contributed by atoms with Crippen LogP contribution >= 0.6 is 0 Å². The summed E-state index contributed by atoms with van der Waals surface area (Å²) in [6, 6.07) is 5.97. The van der Waals surface area contributed by atoms with Gasteiger partial charge in [0, 0.05) is 29.1 Å². The van der Waals surface area contributed by atoms with Gasteiger partial charge in [0.15, 0.2) is 11.7 Å². The van der Waals surface area contributed by atoms with Gasteiger partial charge in [0.05, 0.1) is 13.3 Å². The fourth-order valence-electron chi connectivity index (χ4n) is 2.51. The standard InChI is InChI=1S/C17H20N2O2.C2H6/c1-3-4-5-6-17-19-11-16(21-17)14-10-18-15-8-7-12(20-2)9-13(14)15;1-2/h7-11,18H,3-6H2,1-2H3;1-2H3. The summed E-state index contributed by atoms with van der Waals surface area (Å²) in [5.74, 6) is 2.46. The van der Waals surface area contributed by atoms with Crippen molar-refractivity contribution in [3.63, 3.8) is 0 Å². The van der Waals surface area contributed by atoms with Gasteiger partial charge in [-0.3, -0.25) is 0 Å². The van der Waals surface area contributed by atoms with Crippen LogP contribution in [-0.4, -0.2) is 17.1 Å². The minimum Gasteiger partial charge on any atom is -0.497 e. The van der Waals surface area contributed by atoms with E-state index in [1.165, 1.54) is 12.8 Å². The molecule has 0 aliphatic rings.